The summed E-state index contributed by atoms with van der Waals surface area (Å²) in [6.07, 6.45) is 2.10. The molecule has 0 spiro atoms. The quantitative estimate of drug-likeness (QED) is 0.288. The summed E-state index contributed by atoms with van der Waals surface area (Å²) in [4.78, 5) is 28.4. The number of hydrogen-bond donors (Lipinski definition) is 2. The summed E-state index contributed by atoms with van der Waals surface area (Å²) in [6.45, 7) is 2.49. The fourth-order valence-corrected chi connectivity index (χ4v) is 3.67. The van der Waals surface area contributed by atoms with E-state index in [9.17, 15) is 19.3 Å². The molecular weight excluding hydrogens is 423 g/mol. The lowest BCUT2D eigenvalue weighted by molar-refractivity contribution is -0.384. The number of anilines is 2. The van der Waals surface area contributed by atoms with Gasteiger partial charge in [-0.1, -0.05) is 12.1 Å². The predicted octanol–water partition coefficient (Wildman–Crippen LogP) is 4.40. The van der Waals surface area contributed by atoms with Crippen molar-refractivity contribution in [3.05, 3.63) is 80.1 Å². The second kappa shape index (κ2) is 10.1. The normalized spacial score (nSPS) is 10.7. The lowest BCUT2D eigenvalue weighted by atomic mass is 10.1. The zero-order valence-electron chi connectivity index (χ0n) is 17.0. The fourth-order valence-electron chi connectivity index (χ4n) is 2.83. The number of nitrogens with zero attached hydrogens (tertiary/aromatic N) is 2. The highest BCUT2D eigenvalue weighted by Crippen LogP contribution is 2.27. The van der Waals surface area contributed by atoms with Crippen molar-refractivity contribution in [2.45, 2.75) is 13.3 Å². The molecule has 2 N–H and O–H groups in total. The van der Waals surface area contributed by atoms with Crippen LogP contribution in [0.25, 0.3) is 0 Å². The Morgan fingerprint density at radius 3 is 2.81 bits per heavy atom. The van der Waals surface area contributed by atoms with Crippen molar-refractivity contribution in [3.63, 3.8) is 0 Å². The summed E-state index contributed by atoms with van der Waals surface area (Å²) >= 11 is 1.26. The minimum Gasteiger partial charge on any atom is -0.383 e. The molecule has 1 amide bonds. The largest absolute Gasteiger partial charge is 0.383 e. The topological polar surface area (TPSA) is 106 Å². The minimum atomic E-state index is -0.548. The summed E-state index contributed by atoms with van der Waals surface area (Å²) < 4.78 is 18.6. The number of thiazole rings is 1. The van der Waals surface area contributed by atoms with E-state index in [0.29, 0.717) is 36.0 Å². The molecule has 0 aliphatic heterocycles. The molecular formula is C21H21FN4O4S. The molecule has 1 heterocycles. The standard InChI is InChI=1S/C21H21FN4O4S/c1-13-3-4-14(10-17(13)22)9-16-12-24-21(31-16)25-20(27)15-5-6-18(23-7-8-30-2)19(11-15)26(28)29/h3-6,10-12,23H,7-9H2,1-2H3,(H,24,25,27). The number of ether oxygens (including phenoxy) is 1. The van der Waals surface area contributed by atoms with Crippen LogP contribution in [0.2, 0.25) is 0 Å². The van der Waals surface area contributed by atoms with Gasteiger partial charge in [-0.05, 0) is 36.2 Å². The van der Waals surface area contributed by atoms with E-state index in [0.717, 1.165) is 10.4 Å². The minimum absolute atomic E-state index is 0.140. The average Bonchev–Trinajstić information content (AvgIpc) is 3.17. The number of halogens is 1. The number of hydrogen-bond acceptors (Lipinski definition) is 7. The van der Waals surface area contributed by atoms with Gasteiger partial charge < -0.3 is 10.1 Å². The molecule has 10 heteroatoms. The highest BCUT2D eigenvalue weighted by molar-refractivity contribution is 7.15. The Morgan fingerprint density at radius 1 is 1.29 bits per heavy atom. The van der Waals surface area contributed by atoms with Crippen LogP contribution in [0.3, 0.4) is 0 Å². The van der Waals surface area contributed by atoms with Gasteiger partial charge >= 0.3 is 0 Å². The number of carbonyl (C=O) groups excluding carboxylic acids is 1. The van der Waals surface area contributed by atoms with Gasteiger partial charge in [0, 0.05) is 42.8 Å². The van der Waals surface area contributed by atoms with Gasteiger partial charge in [0.1, 0.15) is 11.5 Å². The molecule has 162 valence electrons. The fraction of sp³-hybridized carbons (Fsp3) is 0.238. The Morgan fingerprint density at radius 2 is 2.10 bits per heavy atom. The Bertz CT molecular complexity index is 1100. The molecule has 31 heavy (non-hydrogen) atoms. The van der Waals surface area contributed by atoms with E-state index in [1.807, 2.05) is 6.07 Å². The van der Waals surface area contributed by atoms with Crippen LogP contribution in [0.1, 0.15) is 26.4 Å². The first kappa shape index (κ1) is 22.3. The average molecular weight is 444 g/mol. The Kier molecular flexibility index (Phi) is 7.27. The SMILES string of the molecule is COCCNc1ccc(C(=O)Nc2ncc(Cc3ccc(C)c(F)c3)s2)cc1[N+](=O)[O-]. The summed E-state index contributed by atoms with van der Waals surface area (Å²) in [5.74, 6) is -0.772. The lowest BCUT2D eigenvalue weighted by Crippen LogP contribution is -2.13. The Labute approximate surface area is 182 Å². The van der Waals surface area contributed by atoms with E-state index in [1.54, 1.807) is 19.2 Å². The molecule has 0 saturated carbocycles. The molecule has 3 aromatic rings. The van der Waals surface area contributed by atoms with Crippen LogP contribution >= 0.6 is 11.3 Å². The van der Waals surface area contributed by atoms with Crippen molar-refractivity contribution < 1.29 is 18.8 Å². The molecule has 0 radical (unpaired) electrons. The first-order chi connectivity index (χ1) is 14.9. The number of aryl methyl sites for hydroxylation is 1. The van der Waals surface area contributed by atoms with Gasteiger partial charge in [0.05, 0.1) is 11.5 Å². The first-order valence-electron chi connectivity index (χ1n) is 9.39. The highest BCUT2D eigenvalue weighted by atomic mass is 32.1. The van der Waals surface area contributed by atoms with Crippen LogP contribution in [-0.2, 0) is 11.2 Å². The molecule has 0 aliphatic carbocycles. The number of rotatable bonds is 9. The van der Waals surface area contributed by atoms with Gasteiger partial charge in [-0.15, -0.1) is 11.3 Å². The van der Waals surface area contributed by atoms with Crippen molar-refractivity contribution in [1.29, 1.82) is 0 Å². The van der Waals surface area contributed by atoms with Crippen molar-refractivity contribution >= 4 is 33.8 Å². The number of benzene rings is 2. The molecule has 0 atom stereocenters. The number of nitrogens with one attached hydrogen (secondary N) is 2. The summed E-state index contributed by atoms with van der Waals surface area (Å²) in [6, 6.07) is 9.25. The molecule has 0 aliphatic rings. The Hall–Kier alpha value is -3.37. The highest BCUT2D eigenvalue weighted by Gasteiger charge is 2.18. The smallest absolute Gasteiger partial charge is 0.293 e. The van der Waals surface area contributed by atoms with E-state index < -0.39 is 10.8 Å². The zero-order valence-corrected chi connectivity index (χ0v) is 17.8. The number of amides is 1. The number of aromatic nitrogens is 1. The third kappa shape index (κ3) is 5.83. The molecule has 1 aromatic heterocycles. The molecule has 3 rings (SSSR count). The molecule has 8 nitrogen and oxygen atoms in total. The zero-order chi connectivity index (χ0) is 22.4. The maximum absolute atomic E-state index is 13.7. The summed E-state index contributed by atoms with van der Waals surface area (Å²) in [5.41, 5.74) is 1.62. The van der Waals surface area contributed by atoms with E-state index in [4.69, 9.17) is 4.74 Å². The van der Waals surface area contributed by atoms with Gasteiger partial charge in [-0.3, -0.25) is 20.2 Å². The number of nitro benzene ring substituents is 1. The first-order valence-corrected chi connectivity index (χ1v) is 10.2. The molecule has 0 saturated heterocycles. The molecule has 2 aromatic carbocycles. The predicted molar refractivity (Wildman–Crippen MR) is 117 cm³/mol. The van der Waals surface area contributed by atoms with Crippen LogP contribution in [0.15, 0.2) is 42.6 Å². The molecule has 0 bridgehead atoms. The molecule has 0 unspecified atom stereocenters. The monoisotopic (exact) mass is 444 g/mol. The van der Waals surface area contributed by atoms with E-state index in [2.05, 4.69) is 15.6 Å². The van der Waals surface area contributed by atoms with E-state index >= 15 is 0 Å². The maximum Gasteiger partial charge on any atom is 0.293 e. The van der Waals surface area contributed by atoms with Gasteiger partial charge in [0.15, 0.2) is 5.13 Å². The van der Waals surface area contributed by atoms with Crippen LogP contribution in [-0.4, -0.2) is 36.1 Å². The second-order valence-electron chi connectivity index (χ2n) is 6.75. The third-order valence-electron chi connectivity index (χ3n) is 4.47. The Balaban J connectivity index is 1.69. The maximum atomic E-state index is 13.7. The molecule has 0 fully saturated rings. The third-order valence-corrected chi connectivity index (χ3v) is 5.38. The van der Waals surface area contributed by atoms with Crippen molar-refractivity contribution in [3.8, 4) is 0 Å². The lowest BCUT2D eigenvalue weighted by Gasteiger charge is -2.08. The van der Waals surface area contributed by atoms with Crippen LogP contribution in [0.5, 0.6) is 0 Å². The van der Waals surface area contributed by atoms with Crippen LogP contribution in [0.4, 0.5) is 20.9 Å². The van der Waals surface area contributed by atoms with E-state index in [-0.39, 0.29) is 17.1 Å². The van der Waals surface area contributed by atoms with Crippen molar-refractivity contribution in [1.82, 2.24) is 4.98 Å². The second-order valence-corrected chi connectivity index (χ2v) is 7.87. The van der Waals surface area contributed by atoms with Crippen LogP contribution in [0, 0.1) is 22.9 Å². The van der Waals surface area contributed by atoms with Crippen molar-refractivity contribution in [2.24, 2.45) is 0 Å². The van der Waals surface area contributed by atoms with Gasteiger partial charge in [-0.25, -0.2) is 9.37 Å². The number of methoxy groups -OCH3 is 1. The van der Waals surface area contributed by atoms with Gasteiger partial charge in [0.25, 0.3) is 11.6 Å². The summed E-state index contributed by atoms with van der Waals surface area (Å²) in [5, 5.41) is 17.3. The van der Waals surface area contributed by atoms with Gasteiger partial charge in [0.2, 0.25) is 0 Å². The van der Waals surface area contributed by atoms with Gasteiger partial charge in [-0.2, -0.15) is 0 Å². The number of carbonyl (C=O) groups is 1. The van der Waals surface area contributed by atoms with Crippen LogP contribution < -0.4 is 10.6 Å². The van der Waals surface area contributed by atoms with Crippen molar-refractivity contribution in [2.75, 3.05) is 30.9 Å². The van der Waals surface area contributed by atoms with E-state index in [1.165, 1.54) is 42.7 Å². The summed E-state index contributed by atoms with van der Waals surface area (Å²) in [7, 11) is 1.53. The number of nitro groups is 1.